The van der Waals surface area contributed by atoms with Crippen molar-refractivity contribution >= 4 is 16.6 Å². The molecule has 0 spiro atoms. The fourth-order valence-electron chi connectivity index (χ4n) is 3.50. The van der Waals surface area contributed by atoms with E-state index in [4.69, 9.17) is 8.85 Å². The summed E-state index contributed by atoms with van der Waals surface area (Å²) < 4.78 is 13.7. The van der Waals surface area contributed by atoms with Crippen LogP contribution in [0.4, 0.5) is 0 Å². The first-order valence-corrected chi connectivity index (χ1v) is 16.3. The van der Waals surface area contributed by atoms with Crippen LogP contribution >= 0.6 is 0 Å². The van der Waals surface area contributed by atoms with Gasteiger partial charge in [0.05, 0.1) is 12.2 Å². The number of hydrogen-bond donors (Lipinski definition) is 2. The van der Waals surface area contributed by atoms with Gasteiger partial charge in [0.2, 0.25) is 0 Å². The maximum absolute atomic E-state index is 6.83. The third-order valence-corrected chi connectivity index (χ3v) is 16.3. The average molecular weight is 401 g/mol. The maximum Gasteiger partial charge on any atom is 0.192 e. The Bertz CT molecular complexity index is 439. The molecule has 0 aromatic carbocycles. The van der Waals surface area contributed by atoms with Crippen molar-refractivity contribution in [1.82, 2.24) is 10.6 Å². The molecule has 2 aliphatic rings. The van der Waals surface area contributed by atoms with Gasteiger partial charge < -0.3 is 19.5 Å². The predicted molar refractivity (Wildman–Crippen MR) is 117 cm³/mol. The molecule has 4 nitrogen and oxygen atoms in total. The lowest BCUT2D eigenvalue weighted by atomic mass is 10.0. The Morgan fingerprint density at radius 2 is 0.962 bits per heavy atom. The predicted octanol–water partition coefficient (Wildman–Crippen LogP) is 4.49. The Kier molecular flexibility index (Phi) is 6.59. The zero-order chi connectivity index (χ0) is 20.0. The Hall–Kier alpha value is 0.274. The number of hydrogen-bond acceptors (Lipinski definition) is 4. The van der Waals surface area contributed by atoms with E-state index >= 15 is 0 Å². The largest absolute Gasteiger partial charge is 0.412 e. The lowest BCUT2D eigenvalue weighted by Gasteiger charge is -2.43. The van der Waals surface area contributed by atoms with Gasteiger partial charge in [0, 0.05) is 12.1 Å². The maximum atomic E-state index is 6.83. The smallest absolute Gasteiger partial charge is 0.192 e. The van der Waals surface area contributed by atoms with Crippen LogP contribution in [0, 0.1) is 0 Å². The van der Waals surface area contributed by atoms with Gasteiger partial charge in [0.25, 0.3) is 0 Å². The highest BCUT2D eigenvalue weighted by atomic mass is 28.4. The standard InChI is InChI=1S/C20H44N2O2Si2/c1-19(2,3)25(7,8)23-15-11-13-21-17(15)18-16(12-14-22-18)24-26(9,10)20(4,5)6/h15-18,21-22H,11-14H2,1-10H3/t15-,16-,17-,18-/m1/s1. The first kappa shape index (κ1) is 22.6. The fourth-order valence-corrected chi connectivity index (χ4v) is 6.25. The van der Waals surface area contributed by atoms with Crippen molar-refractivity contribution in [3.05, 3.63) is 0 Å². The van der Waals surface area contributed by atoms with Crippen molar-refractivity contribution in [1.29, 1.82) is 0 Å². The first-order chi connectivity index (χ1) is 11.7. The molecule has 0 amide bonds. The van der Waals surface area contributed by atoms with Crippen molar-refractivity contribution in [3.63, 3.8) is 0 Å². The zero-order valence-electron chi connectivity index (χ0n) is 19.0. The van der Waals surface area contributed by atoms with Crippen LogP contribution in [0.3, 0.4) is 0 Å². The Labute approximate surface area is 164 Å². The second-order valence-electron chi connectivity index (χ2n) is 11.4. The Morgan fingerprint density at radius 1 is 0.654 bits per heavy atom. The van der Waals surface area contributed by atoms with E-state index in [9.17, 15) is 0 Å². The van der Waals surface area contributed by atoms with Crippen molar-refractivity contribution < 1.29 is 8.85 Å². The molecule has 154 valence electrons. The molecule has 2 N–H and O–H groups in total. The summed E-state index contributed by atoms with van der Waals surface area (Å²) in [6.45, 7) is 25.5. The first-order valence-electron chi connectivity index (χ1n) is 10.5. The normalized spacial score (nSPS) is 31.6. The summed E-state index contributed by atoms with van der Waals surface area (Å²) in [6.07, 6.45) is 2.83. The lowest BCUT2D eigenvalue weighted by molar-refractivity contribution is 0.101. The third kappa shape index (κ3) is 4.81. The molecular weight excluding hydrogens is 356 g/mol. The van der Waals surface area contributed by atoms with Crippen LogP contribution < -0.4 is 10.6 Å². The van der Waals surface area contributed by atoms with Gasteiger partial charge in [0.1, 0.15) is 0 Å². The highest BCUT2D eigenvalue weighted by Crippen LogP contribution is 2.41. The minimum absolute atomic E-state index is 0.250. The molecule has 4 atom stereocenters. The SMILES string of the molecule is CC(C)(C)[Si](C)(C)O[C@@H]1CCN[C@H]1[C@@H]1NCC[C@H]1O[Si](C)(C)C(C)(C)C. The minimum Gasteiger partial charge on any atom is -0.412 e. The molecule has 0 radical (unpaired) electrons. The molecular formula is C20H44N2O2Si2. The number of rotatable bonds is 5. The van der Waals surface area contributed by atoms with Crippen molar-refractivity contribution in [2.24, 2.45) is 0 Å². The van der Waals surface area contributed by atoms with E-state index in [2.05, 4.69) is 78.4 Å². The van der Waals surface area contributed by atoms with Gasteiger partial charge >= 0.3 is 0 Å². The van der Waals surface area contributed by atoms with E-state index in [1.165, 1.54) is 0 Å². The van der Waals surface area contributed by atoms with Gasteiger partial charge in [-0.15, -0.1) is 0 Å². The summed E-state index contributed by atoms with van der Waals surface area (Å²) in [6, 6.07) is 0.725. The Balaban J connectivity index is 2.10. The number of nitrogens with one attached hydrogen (secondary N) is 2. The van der Waals surface area contributed by atoms with Gasteiger partial charge in [-0.25, -0.2) is 0 Å². The molecule has 0 saturated carbocycles. The molecule has 26 heavy (non-hydrogen) atoms. The van der Waals surface area contributed by atoms with Crippen LogP contribution in [0.2, 0.25) is 36.3 Å². The van der Waals surface area contributed by atoms with E-state index in [1.54, 1.807) is 0 Å². The van der Waals surface area contributed by atoms with Gasteiger partial charge in [0.15, 0.2) is 16.6 Å². The molecule has 2 heterocycles. The van der Waals surface area contributed by atoms with Crippen LogP contribution in [0.1, 0.15) is 54.4 Å². The topological polar surface area (TPSA) is 42.5 Å². The van der Waals surface area contributed by atoms with Gasteiger partial charge in [-0.3, -0.25) is 0 Å². The molecule has 0 aliphatic carbocycles. The van der Waals surface area contributed by atoms with Crippen LogP contribution in [0.5, 0.6) is 0 Å². The quantitative estimate of drug-likeness (QED) is 0.667. The van der Waals surface area contributed by atoms with Crippen LogP contribution in [0.15, 0.2) is 0 Å². The van der Waals surface area contributed by atoms with E-state index in [1.807, 2.05) is 0 Å². The van der Waals surface area contributed by atoms with Crippen molar-refractivity contribution in [2.45, 2.75) is 115 Å². The molecule has 2 fully saturated rings. The molecule has 2 rings (SSSR count). The van der Waals surface area contributed by atoms with Gasteiger partial charge in [-0.1, -0.05) is 41.5 Å². The van der Waals surface area contributed by atoms with E-state index in [0.717, 1.165) is 25.9 Å². The van der Waals surface area contributed by atoms with Crippen molar-refractivity contribution in [2.75, 3.05) is 13.1 Å². The van der Waals surface area contributed by atoms with Gasteiger partial charge in [-0.05, 0) is 62.2 Å². The molecule has 0 aromatic heterocycles. The highest BCUT2D eigenvalue weighted by molar-refractivity contribution is 6.74. The van der Waals surface area contributed by atoms with Crippen LogP contribution in [-0.4, -0.2) is 54.0 Å². The second kappa shape index (κ2) is 7.60. The molecule has 0 aromatic rings. The molecule has 0 unspecified atom stereocenters. The molecule has 2 aliphatic heterocycles. The molecule has 6 heteroatoms. The molecule has 2 saturated heterocycles. The summed E-state index contributed by atoms with van der Waals surface area (Å²) in [5.41, 5.74) is 0. The summed E-state index contributed by atoms with van der Waals surface area (Å²) in [4.78, 5) is 0. The zero-order valence-corrected chi connectivity index (χ0v) is 21.0. The van der Waals surface area contributed by atoms with E-state index in [0.29, 0.717) is 24.3 Å². The fraction of sp³-hybridized carbons (Fsp3) is 1.00. The minimum atomic E-state index is -1.76. The van der Waals surface area contributed by atoms with E-state index in [-0.39, 0.29) is 10.1 Å². The van der Waals surface area contributed by atoms with E-state index < -0.39 is 16.6 Å². The monoisotopic (exact) mass is 400 g/mol. The second-order valence-corrected chi connectivity index (χ2v) is 20.9. The summed E-state index contributed by atoms with van der Waals surface area (Å²) in [5, 5.41) is 8.00. The lowest BCUT2D eigenvalue weighted by Crippen LogP contribution is -2.57. The highest BCUT2D eigenvalue weighted by Gasteiger charge is 2.48. The van der Waals surface area contributed by atoms with Crippen LogP contribution in [0.25, 0.3) is 0 Å². The Morgan fingerprint density at radius 3 is 1.23 bits per heavy atom. The third-order valence-electron chi connectivity index (χ3n) is 7.31. The summed E-state index contributed by atoms with van der Waals surface area (Å²) in [7, 11) is -3.52. The summed E-state index contributed by atoms with van der Waals surface area (Å²) in [5.74, 6) is 0. The van der Waals surface area contributed by atoms with Crippen LogP contribution in [-0.2, 0) is 8.85 Å². The molecule has 0 bridgehead atoms. The summed E-state index contributed by atoms with van der Waals surface area (Å²) >= 11 is 0. The van der Waals surface area contributed by atoms with Crippen molar-refractivity contribution in [3.8, 4) is 0 Å². The average Bonchev–Trinajstić information content (AvgIpc) is 3.04. The van der Waals surface area contributed by atoms with Gasteiger partial charge in [-0.2, -0.15) is 0 Å².